The molecule has 1 aliphatic heterocycles. The van der Waals surface area contributed by atoms with Gasteiger partial charge in [-0.15, -0.1) is 0 Å². The van der Waals surface area contributed by atoms with Gasteiger partial charge in [0.05, 0.1) is 24.2 Å². The number of halogens is 2. The number of amides is 1. The molecule has 1 saturated heterocycles. The maximum atomic E-state index is 13.8. The number of carbonyl (C=O) groups is 2. The molecule has 1 heterocycles. The van der Waals surface area contributed by atoms with Gasteiger partial charge >= 0.3 is 0 Å². The molecule has 0 unspecified atom stereocenters. The van der Waals surface area contributed by atoms with Crippen LogP contribution < -0.4 is 15.4 Å². The highest BCUT2D eigenvalue weighted by atomic mass is 35.5. The average Bonchev–Trinajstić information content (AvgIpc) is 3.11. The highest BCUT2D eigenvalue weighted by molar-refractivity contribution is 6.31. The standard InChI is InChI=1S/C29H36Cl2N2O4/c1-27(2,3)15-23-29(16-34,21-10-9-19(31)12-22(21)37-5)24(17-7-6-8-18(30)11-17)25(33-23)26(35)32-20-13-28(4,36)14-20/h6-12,16,20,23-25,33,36H,13-15H2,1-5H3,(H,32,35)/t20?,23-,24+,25-,28?,29-/m1/s1. The first kappa shape index (κ1) is 27.9. The van der Waals surface area contributed by atoms with Crippen LogP contribution >= 0.6 is 23.2 Å². The summed E-state index contributed by atoms with van der Waals surface area (Å²) in [4.78, 5) is 27.3. The van der Waals surface area contributed by atoms with E-state index in [1.807, 2.05) is 24.3 Å². The SMILES string of the molecule is COc1cc(Cl)ccc1[C@]1(C=O)[C@@H](CC(C)(C)C)N[C@@H](C(=O)NC2CC(C)(O)C2)[C@@H]1c1cccc(Cl)c1. The van der Waals surface area contributed by atoms with Crippen LogP contribution in [0.25, 0.3) is 0 Å². The molecule has 1 aliphatic carbocycles. The number of methoxy groups -OCH3 is 1. The molecule has 8 heteroatoms. The molecule has 4 rings (SSSR count). The van der Waals surface area contributed by atoms with Crippen molar-refractivity contribution in [2.45, 2.75) is 82.0 Å². The van der Waals surface area contributed by atoms with Gasteiger partial charge in [0.1, 0.15) is 12.0 Å². The summed E-state index contributed by atoms with van der Waals surface area (Å²) in [6, 6.07) is 11.4. The molecule has 2 fully saturated rings. The number of hydrogen-bond donors (Lipinski definition) is 3. The largest absolute Gasteiger partial charge is 0.496 e. The van der Waals surface area contributed by atoms with Crippen LogP contribution in [0.1, 0.15) is 64.0 Å². The van der Waals surface area contributed by atoms with Crippen LogP contribution in [0.15, 0.2) is 42.5 Å². The van der Waals surface area contributed by atoms with Crippen molar-refractivity contribution < 1.29 is 19.4 Å². The molecule has 2 aromatic carbocycles. The van der Waals surface area contributed by atoms with E-state index >= 15 is 0 Å². The van der Waals surface area contributed by atoms with Gasteiger partial charge in [0.2, 0.25) is 5.91 Å². The first-order valence-corrected chi connectivity index (χ1v) is 13.4. The molecule has 6 nitrogen and oxygen atoms in total. The lowest BCUT2D eigenvalue weighted by Crippen LogP contribution is -2.57. The number of ether oxygens (including phenoxy) is 1. The van der Waals surface area contributed by atoms with Crippen molar-refractivity contribution in [1.29, 1.82) is 0 Å². The second-order valence-electron chi connectivity index (χ2n) is 12.0. The Morgan fingerprint density at radius 2 is 1.86 bits per heavy atom. The van der Waals surface area contributed by atoms with Crippen molar-refractivity contribution in [3.63, 3.8) is 0 Å². The Hall–Kier alpha value is -2.12. The van der Waals surface area contributed by atoms with E-state index < -0.39 is 23.0 Å². The zero-order chi connectivity index (χ0) is 27.2. The van der Waals surface area contributed by atoms with Crippen molar-refractivity contribution in [2.75, 3.05) is 7.11 Å². The number of aldehydes is 1. The maximum Gasteiger partial charge on any atom is 0.238 e. The van der Waals surface area contributed by atoms with Gasteiger partial charge in [-0.3, -0.25) is 4.79 Å². The van der Waals surface area contributed by atoms with Crippen molar-refractivity contribution in [3.05, 3.63) is 63.6 Å². The molecule has 1 saturated carbocycles. The number of aliphatic hydroxyl groups is 1. The van der Waals surface area contributed by atoms with E-state index in [4.69, 9.17) is 27.9 Å². The molecule has 0 aromatic heterocycles. The van der Waals surface area contributed by atoms with E-state index in [1.54, 1.807) is 32.2 Å². The van der Waals surface area contributed by atoms with Gasteiger partial charge in [-0.1, -0.05) is 62.2 Å². The van der Waals surface area contributed by atoms with Crippen LogP contribution in [-0.4, -0.2) is 48.1 Å². The minimum Gasteiger partial charge on any atom is -0.496 e. The molecule has 0 spiro atoms. The minimum atomic E-state index is -1.15. The first-order chi connectivity index (χ1) is 17.3. The summed E-state index contributed by atoms with van der Waals surface area (Å²) in [5.74, 6) is -0.295. The quantitative estimate of drug-likeness (QED) is 0.424. The minimum absolute atomic E-state index is 0.123. The number of hydrogen-bond acceptors (Lipinski definition) is 5. The highest BCUT2D eigenvalue weighted by Gasteiger charge is 2.60. The summed E-state index contributed by atoms with van der Waals surface area (Å²) in [6.45, 7) is 8.10. The Kier molecular flexibility index (Phi) is 7.70. The summed E-state index contributed by atoms with van der Waals surface area (Å²) in [5.41, 5.74) is -0.626. The Balaban J connectivity index is 1.89. The molecule has 0 bridgehead atoms. The zero-order valence-corrected chi connectivity index (χ0v) is 23.5. The third-order valence-electron chi connectivity index (χ3n) is 7.66. The molecular weight excluding hydrogens is 511 g/mol. The number of benzene rings is 2. The van der Waals surface area contributed by atoms with Crippen LogP contribution in [0.4, 0.5) is 0 Å². The molecule has 37 heavy (non-hydrogen) atoms. The van der Waals surface area contributed by atoms with Gasteiger partial charge < -0.3 is 25.3 Å². The van der Waals surface area contributed by atoms with Gasteiger partial charge in [-0.2, -0.15) is 0 Å². The smallest absolute Gasteiger partial charge is 0.238 e. The summed E-state index contributed by atoms with van der Waals surface area (Å²) >= 11 is 12.7. The summed E-state index contributed by atoms with van der Waals surface area (Å²) in [6.07, 6.45) is 2.57. The summed E-state index contributed by atoms with van der Waals surface area (Å²) in [5, 5.41) is 17.9. The molecular formula is C29H36Cl2N2O4. The Morgan fingerprint density at radius 3 is 2.43 bits per heavy atom. The lowest BCUT2D eigenvalue weighted by Gasteiger charge is -2.42. The van der Waals surface area contributed by atoms with E-state index in [1.165, 1.54) is 0 Å². The van der Waals surface area contributed by atoms with E-state index in [9.17, 15) is 14.7 Å². The number of nitrogens with one attached hydrogen (secondary N) is 2. The van der Waals surface area contributed by atoms with Crippen LogP contribution in [0.5, 0.6) is 5.75 Å². The second kappa shape index (κ2) is 10.2. The van der Waals surface area contributed by atoms with Crippen LogP contribution in [0.3, 0.4) is 0 Å². The van der Waals surface area contributed by atoms with Crippen LogP contribution in [0, 0.1) is 5.41 Å². The Morgan fingerprint density at radius 1 is 1.19 bits per heavy atom. The fraction of sp³-hybridized carbons (Fsp3) is 0.517. The van der Waals surface area contributed by atoms with Crippen LogP contribution in [0.2, 0.25) is 10.0 Å². The van der Waals surface area contributed by atoms with Gasteiger partial charge in [0.25, 0.3) is 0 Å². The Bertz CT molecular complexity index is 1170. The van der Waals surface area contributed by atoms with Gasteiger partial charge in [0, 0.05) is 33.6 Å². The topological polar surface area (TPSA) is 87.7 Å². The molecule has 2 aliphatic rings. The lowest BCUT2D eigenvalue weighted by molar-refractivity contribution is -0.127. The molecule has 1 amide bonds. The van der Waals surface area contributed by atoms with Crippen molar-refractivity contribution >= 4 is 35.4 Å². The summed E-state index contributed by atoms with van der Waals surface area (Å²) in [7, 11) is 1.55. The van der Waals surface area contributed by atoms with E-state index in [0.29, 0.717) is 40.6 Å². The lowest BCUT2D eigenvalue weighted by atomic mass is 9.62. The molecule has 3 N–H and O–H groups in total. The first-order valence-electron chi connectivity index (χ1n) is 12.6. The second-order valence-corrected chi connectivity index (χ2v) is 12.9. The van der Waals surface area contributed by atoms with Crippen LogP contribution in [-0.2, 0) is 15.0 Å². The van der Waals surface area contributed by atoms with Gasteiger partial charge in [-0.25, -0.2) is 0 Å². The molecule has 0 radical (unpaired) electrons. The normalized spacial score (nSPS) is 31.5. The van der Waals surface area contributed by atoms with E-state index in [-0.39, 0.29) is 23.4 Å². The van der Waals surface area contributed by atoms with Crippen molar-refractivity contribution in [2.24, 2.45) is 5.41 Å². The predicted molar refractivity (Wildman–Crippen MR) is 147 cm³/mol. The molecule has 4 atom stereocenters. The summed E-state index contributed by atoms with van der Waals surface area (Å²) < 4.78 is 5.74. The van der Waals surface area contributed by atoms with E-state index in [2.05, 4.69) is 31.4 Å². The zero-order valence-electron chi connectivity index (χ0n) is 22.0. The monoisotopic (exact) mass is 546 g/mol. The third-order valence-corrected chi connectivity index (χ3v) is 8.13. The molecule has 200 valence electrons. The average molecular weight is 548 g/mol. The number of rotatable bonds is 7. The fourth-order valence-corrected chi connectivity index (χ4v) is 6.53. The highest BCUT2D eigenvalue weighted by Crippen LogP contribution is 2.53. The van der Waals surface area contributed by atoms with E-state index in [0.717, 1.165) is 11.8 Å². The maximum absolute atomic E-state index is 13.8. The van der Waals surface area contributed by atoms with Crippen molar-refractivity contribution in [3.8, 4) is 5.75 Å². The molecule has 2 aromatic rings. The van der Waals surface area contributed by atoms with Gasteiger partial charge in [-0.05, 0) is 61.4 Å². The Labute approximate surface area is 229 Å². The van der Waals surface area contributed by atoms with Gasteiger partial charge in [0.15, 0.2) is 0 Å². The van der Waals surface area contributed by atoms with Crippen molar-refractivity contribution in [1.82, 2.24) is 10.6 Å². The fourth-order valence-electron chi connectivity index (χ4n) is 6.17. The third kappa shape index (κ3) is 5.53. The predicted octanol–water partition coefficient (Wildman–Crippen LogP) is 5.03. The number of carbonyl (C=O) groups excluding carboxylic acids is 2.